The first-order valence-corrected chi connectivity index (χ1v) is 8.20. The number of rotatable bonds is 5. The van der Waals surface area contributed by atoms with E-state index in [2.05, 4.69) is 15.4 Å². The standard InChI is InChI=1S/C16H11Cl3N4O2/c17-10-3-1-5-13(14(10)18)25-9-23-8-6-12(22-23)16(24)21-11-4-2-7-20-15(11)19/h1-8H,9H2,(H,21,24). The molecular formula is C16H11Cl3N4O2. The van der Waals surface area contributed by atoms with Gasteiger partial charge in [0.1, 0.15) is 10.8 Å². The fourth-order valence-corrected chi connectivity index (χ4v) is 2.46. The second-order valence-corrected chi connectivity index (χ2v) is 6.00. The first kappa shape index (κ1) is 17.5. The number of hydrogen-bond acceptors (Lipinski definition) is 4. The zero-order chi connectivity index (χ0) is 17.8. The Labute approximate surface area is 158 Å². The molecular weight excluding hydrogens is 387 g/mol. The van der Waals surface area contributed by atoms with E-state index in [-0.39, 0.29) is 17.6 Å². The summed E-state index contributed by atoms with van der Waals surface area (Å²) in [5.74, 6) is 0.0206. The molecule has 0 radical (unpaired) electrons. The molecule has 2 aromatic heterocycles. The Kier molecular flexibility index (Phi) is 5.43. The van der Waals surface area contributed by atoms with Gasteiger partial charge in [0.2, 0.25) is 0 Å². The summed E-state index contributed by atoms with van der Waals surface area (Å²) in [6, 6.07) is 9.95. The van der Waals surface area contributed by atoms with Gasteiger partial charge in [0.05, 0.1) is 10.7 Å². The van der Waals surface area contributed by atoms with Crippen LogP contribution in [-0.4, -0.2) is 20.7 Å². The first-order valence-electron chi connectivity index (χ1n) is 7.07. The molecule has 1 N–H and O–H groups in total. The number of carbonyl (C=O) groups excluding carboxylic acids is 1. The van der Waals surface area contributed by atoms with Gasteiger partial charge in [0.25, 0.3) is 5.91 Å². The molecule has 2 heterocycles. The molecule has 0 saturated carbocycles. The van der Waals surface area contributed by atoms with Gasteiger partial charge in [-0.2, -0.15) is 5.10 Å². The maximum absolute atomic E-state index is 12.2. The molecule has 0 aliphatic heterocycles. The molecule has 25 heavy (non-hydrogen) atoms. The quantitative estimate of drug-likeness (QED) is 0.642. The van der Waals surface area contributed by atoms with E-state index in [1.165, 1.54) is 10.9 Å². The van der Waals surface area contributed by atoms with E-state index in [0.29, 0.717) is 21.5 Å². The Morgan fingerprint density at radius 2 is 2.00 bits per heavy atom. The van der Waals surface area contributed by atoms with Crippen molar-refractivity contribution in [1.29, 1.82) is 0 Å². The highest BCUT2D eigenvalue weighted by molar-refractivity contribution is 6.42. The van der Waals surface area contributed by atoms with Crippen molar-refractivity contribution in [1.82, 2.24) is 14.8 Å². The lowest BCUT2D eigenvalue weighted by atomic mass is 10.3. The number of halogens is 3. The lowest BCUT2D eigenvalue weighted by Gasteiger charge is -2.08. The molecule has 0 bridgehead atoms. The topological polar surface area (TPSA) is 69.0 Å². The maximum atomic E-state index is 12.2. The van der Waals surface area contributed by atoms with Crippen LogP contribution in [0.3, 0.4) is 0 Å². The van der Waals surface area contributed by atoms with Crippen LogP contribution in [0.5, 0.6) is 5.75 Å². The van der Waals surface area contributed by atoms with Crippen molar-refractivity contribution in [3.05, 3.63) is 69.7 Å². The van der Waals surface area contributed by atoms with Crippen LogP contribution < -0.4 is 10.1 Å². The Morgan fingerprint density at radius 1 is 1.16 bits per heavy atom. The first-order chi connectivity index (χ1) is 12.0. The third-order valence-electron chi connectivity index (χ3n) is 3.15. The highest BCUT2D eigenvalue weighted by Gasteiger charge is 2.12. The van der Waals surface area contributed by atoms with Gasteiger partial charge in [-0.25, -0.2) is 9.67 Å². The summed E-state index contributed by atoms with van der Waals surface area (Å²) in [4.78, 5) is 16.1. The van der Waals surface area contributed by atoms with Crippen LogP contribution in [-0.2, 0) is 6.73 Å². The molecule has 128 valence electrons. The van der Waals surface area contributed by atoms with Crippen LogP contribution in [0.4, 0.5) is 5.69 Å². The number of pyridine rings is 1. The molecule has 0 fully saturated rings. The summed E-state index contributed by atoms with van der Waals surface area (Å²) in [6.45, 7) is 0.0704. The number of benzene rings is 1. The number of amides is 1. The molecule has 3 rings (SSSR count). The van der Waals surface area contributed by atoms with Crippen molar-refractivity contribution in [3.8, 4) is 5.75 Å². The minimum Gasteiger partial charge on any atom is -0.470 e. The minimum absolute atomic E-state index is 0.0704. The second-order valence-electron chi connectivity index (χ2n) is 4.86. The van der Waals surface area contributed by atoms with Crippen molar-refractivity contribution in [2.45, 2.75) is 6.73 Å². The number of ether oxygens (including phenoxy) is 1. The zero-order valence-corrected chi connectivity index (χ0v) is 14.9. The Balaban J connectivity index is 1.65. The van der Waals surface area contributed by atoms with E-state index in [1.807, 2.05) is 0 Å². The van der Waals surface area contributed by atoms with E-state index in [4.69, 9.17) is 39.5 Å². The van der Waals surface area contributed by atoms with E-state index in [9.17, 15) is 4.79 Å². The summed E-state index contributed by atoms with van der Waals surface area (Å²) < 4.78 is 7.01. The number of hydrogen-bond donors (Lipinski definition) is 1. The predicted molar refractivity (Wildman–Crippen MR) is 96.5 cm³/mol. The molecule has 0 spiro atoms. The maximum Gasteiger partial charge on any atom is 0.276 e. The molecule has 1 amide bonds. The van der Waals surface area contributed by atoms with Crippen molar-refractivity contribution in [2.24, 2.45) is 0 Å². The van der Waals surface area contributed by atoms with Gasteiger partial charge in [-0.1, -0.05) is 40.9 Å². The van der Waals surface area contributed by atoms with Gasteiger partial charge in [-0.3, -0.25) is 4.79 Å². The predicted octanol–water partition coefficient (Wildman–Crippen LogP) is 4.53. The molecule has 0 atom stereocenters. The third kappa shape index (κ3) is 4.22. The molecule has 3 aromatic rings. The third-order valence-corrected chi connectivity index (χ3v) is 4.25. The Bertz CT molecular complexity index is 914. The van der Waals surface area contributed by atoms with E-state index >= 15 is 0 Å². The van der Waals surface area contributed by atoms with Crippen molar-refractivity contribution in [2.75, 3.05) is 5.32 Å². The van der Waals surface area contributed by atoms with Crippen LogP contribution in [0.25, 0.3) is 0 Å². The number of nitrogens with one attached hydrogen (secondary N) is 1. The fraction of sp³-hybridized carbons (Fsp3) is 0.0625. The SMILES string of the molecule is O=C(Nc1cccnc1Cl)c1ccn(COc2cccc(Cl)c2Cl)n1. The van der Waals surface area contributed by atoms with Gasteiger partial charge in [-0.05, 0) is 30.3 Å². The highest BCUT2D eigenvalue weighted by Crippen LogP contribution is 2.31. The lowest BCUT2D eigenvalue weighted by molar-refractivity contribution is 0.102. The summed E-state index contributed by atoms with van der Waals surface area (Å²) in [7, 11) is 0. The fourth-order valence-electron chi connectivity index (χ4n) is 1.95. The average Bonchev–Trinajstić information content (AvgIpc) is 3.07. The molecule has 1 aromatic carbocycles. The van der Waals surface area contributed by atoms with E-state index in [1.54, 1.807) is 42.6 Å². The second kappa shape index (κ2) is 7.74. The van der Waals surface area contributed by atoms with Gasteiger partial charge in [0, 0.05) is 12.4 Å². The smallest absolute Gasteiger partial charge is 0.276 e. The minimum atomic E-state index is -0.408. The number of anilines is 1. The lowest BCUT2D eigenvalue weighted by Crippen LogP contribution is -2.14. The number of nitrogens with zero attached hydrogens (tertiary/aromatic N) is 3. The molecule has 0 aliphatic rings. The van der Waals surface area contributed by atoms with Crippen LogP contribution in [0.2, 0.25) is 15.2 Å². The molecule has 0 unspecified atom stereocenters. The monoisotopic (exact) mass is 396 g/mol. The van der Waals surface area contributed by atoms with Gasteiger partial charge in [0.15, 0.2) is 17.6 Å². The summed E-state index contributed by atoms with van der Waals surface area (Å²) in [5.41, 5.74) is 0.617. The molecule has 0 aliphatic carbocycles. The summed E-state index contributed by atoms with van der Waals surface area (Å²) in [6.07, 6.45) is 3.14. The zero-order valence-electron chi connectivity index (χ0n) is 12.6. The van der Waals surface area contributed by atoms with Crippen molar-refractivity contribution < 1.29 is 9.53 Å². The number of carbonyl (C=O) groups is 1. The van der Waals surface area contributed by atoms with Gasteiger partial charge < -0.3 is 10.1 Å². The van der Waals surface area contributed by atoms with Crippen molar-refractivity contribution in [3.63, 3.8) is 0 Å². The van der Waals surface area contributed by atoms with Crippen molar-refractivity contribution >= 4 is 46.4 Å². The largest absolute Gasteiger partial charge is 0.470 e. The van der Waals surface area contributed by atoms with E-state index in [0.717, 1.165) is 0 Å². The van der Waals surface area contributed by atoms with Gasteiger partial charge >= 0.3 is 0 Å². The summed E-state index contributed by atoms with van der Waals surface area (Å²) in [5, 5.41) is 7.70. The normalized spacial score (nSPS) is 10.5. The Morgan fingerprint density at radius 3 is 2.80 bits per heavy atom. The van der Waals surface area contributed by atoms with Crippen LogP contribution in [0.15, 0.2) is 48.8 Å². The molecule has 0 saturated heterocycles. The number of aromatic nitrogens is 3. The molecule has 6 nitrogen and oxygen atoms in total. The van der Waals surface area contributed by atoms with Crippen LogP contribution >= 0.6 is 34.8 Å². The highest BCUT2D eigenvalue weighted by atomic mass is 35.5. The summed E-state index contributed by atoms with van der Waals surface area (Å²) >= 11 is 17.9. The van der Waals surface area contributed by atoms with Crippen LogP contribution in [0, 0.1) is 0 Å². The van der Waals surface area contributed by atoms with E-state index < -0.39 is 5.91 Å². The van der Waals surface area contributed by atoms with Gasteiger partial charge in [-0.15, -0.1) is 0 Å². The molecule has 9 heteroatoms. The average molecular weight is 398 g/mol. The van der Waals surface area contributed by atoms with Crippen LogP contribution in [0.1, 0.15) is 10.5 Å². The Hall–Kier alpha value is -2.28.